The van der Waals surface area contributed by atoms with E-state index in [1.54, 1.807) is 19.1 Å². The van der Waals surface area contributed by atoms with Crippen molar-refractivity contribution in [1.29, 1.82) is 0 Å². The van der Waals surface area contributed by atoms with E-state index in [4.69, 9.17) is 5.73 Å². The van der Waals surface area contributed by atoms with Gasteiger partial charge in [0.2, 0.25) is 15.9 Å². The molecule has 1 amide bonds. The molecular formula is C14H19N3O3S. The first-order chi connectivity index (χ1) is 9.81. The first kappa shape index (κ1) is 14.5. The summed E-state index contributed by atoms with van der Waals surface area (Å²) >= 11 is 0. The molecule has 4 N–H and O–H groups in total. The second-order valence-electron chi connectivity index (χ2n) is 6.00. The van der Waals surface area contributed by atoms with E-state index < -0.39 is 15.6 Å². The third-order valence-electron chi connectivity index (χ3n) is 4.41. The highest BCUT2D eigenvalue weighted by Crippen LogP contribution is 2.34. The van der Waals surface area contributed by atoms with Gasteiger partial charge >= 0.3 is 0 Å². The highest BCUT2D eigenvalue weighted by Gasteiger charge is 2.34. The van der Waals surface area contributed by atoms with E-state index in [2.05, 4.69) is 10.0 Å². The molecule has 1 atom stereocenters. The van der Waals surface area contributed by atoms with E-state index in [1.165, 1.54) is 6.07 Å². The van der Waals surface area contributed by atoms with Crippen LogP contribution in [0.2, 0.25) is 0 Å². The molecule has 1 fully saturated rings. The lowest BCUT2D eigenvalue weighted by molar-refractivity contribution is -0.116. The van der Waals surface area contributed by atoms with Gasteiger partial charge < -0.3 is 11.1 Å². The maximum atomic E-state index is 12.3. The van der Waals surface area contributed by atoms with Crippen molar-refractivity contribution in [3.63, 3.8) is 0 Å². The fourth-order valence-corrected chi connectivity index (χ4v) is 3.87. The Hall–Kier alpha value is -1.44. The largest absolute Gasteiger partial charge is 0.325 e. The zero-order valence-electron chi connectivity index (χ0n) is 11.8. The number of nitrogens with two attached hydrogens (primary N) is 1. The van der Waals surface area contributed by atoms with Gasteiger partial charge in [0.15, 0.2) is 0 Å². The molecular weight excluding hydrogens is 290 g/mol. The fraction of sp³-hybridized carbons (Fsp3) is 0.500. The molecule has 7 heteroatoms. The number of carbonyl (C=O) groups excluding carboxylic acids is 1. The molecule has 1 heterocycles. The summed E-state index contributed by atoms with van der Waals surface area (Å²) in [7, 11) is -3.60. The molecule has 1 aliphatic heterocycles. The molecule has 0 radical (unpaired) electrons. The van der Waals surface area contributed by atoms with Crippen LogP contribution < -0.4 is 15.8 Å². The van der Waals surface area contributed by atoms with Crippen molar-refractivity contribution >= 4 is 21.6 Å². The number of carbonyl (C=O) groups is 1. The van der Waals surface area contributed by atoms with Crippen LogP contribution in [0.25, 0.3) is 0 Å². The third kappa shape index (κ3) is 2.56. The second kappa shape index (κ2) is 4.79. The average Bonchev–Trinajstić information content (AvgIpc) is 2.69. The van der Waals surface area contributed by atoms with Crippen molar-refractivity contribution in [3.05, 3.63) is 23.8 Å². The number of fused-ring (bicyclic) bond motifs is 1. The lowest BCUT2D eigenvalue weighted by Gasteiger charge is -2.38. The summed E-state index contributed by atoms with van der Waals surface area (Å²) in [5, 5.41) is 2.73. The molecule has 1 aromatic carbocycles. The highest BCUT2D eigenvalue weighted by atomic mass is 32.2. The Morgan fingerprint density at radius 1 is 1.43 bits per heavy atom. The molecule has 1 unspecified atom stereocenters. The van der Waals surface area contributed by atoms with Crippen LogP contribution >= 0.6 is 0 Å². The Bertz CT molecular complexity index is 695. The van der Waals surface area contributed by atoms with E-state index in [0.717, 1.165) is 19.3 Å². The smallest absolute Gasteiger partial charge is 0.240 e. The molecule has 0 bridgehead atoms. The van der Waals surface area contributed by atoms with Crippen LogP contribution in [0.15, 0.2) is 23.1 Å². The summed E-state index contributed by atoms with van der Waals surface area (Å²) in [4.78, 5) is 11.8. The molecule has 1 aliphatic carbocycles. The lowest BCUT2D eigenvalue weighted by Crippen LogP contribution is -2.54. The van der Waals surface area contributed by atoms with Gasteiger partial charge in [-0.15, -0.1) is 0 Å². The number of hydrogen-bond donors (Lipinski definition) is 3. The second-order valence-corrected chi connectivity index (χ2v) is 7.77. The molecule has 0 saturated heterocycles. The summed E-state index contributed by atoms with van der Waals surface area (Å²) in [6.45, 7) is 2.01. The van der Waals surface area contributed by atoms with E-state index in [1.807, 2.05) is 0 Å². The Balaban J connectivity index is 1.82. The quantitative estimate of drug-likeness (QED) is 0.769. The monoisotopic (exact) mass is 309 g/mol. The van der Waals surface area contributed by atoms with Gasteiger partial charge in [-0.3, -0.25) is 4.79 Å². The Kier molecular flexibility index (Phi) is 3.31. The molecule has 114 valence electrons. The summed E-state index contributed by atoms with van der Waals surface area (Å²) in [5.74, 6) is -0.439. The van der Waals surface area contributed by atoms with Crippen LogP contribution in [-0.2, 0) is 14.8 Å². The van der Waals surface area contributed by atoms with Gasteiger partial charge in [0.1, 0.15) is 0 Å². The minimum absolute atomic E-state index is 0.108. The van der Waals surface area contributed by atoms with Crippen LogP contribution in [0, 0.1) is 0 Å². The SMILES string of the molecule is CC1C(=O)Nc2ccc(S(=O)(=O)NCC3(N)CCC3)cc21. The zero-order valence-corrected chi connectivity index (χ0v) is 12.7. The lowest BCUT2D eigenvalue weighted by atomic mass is 9.78. The average molecular weight is 309 g/mol. The topological polar surface area (TPSA) is 101 Å². The van der Waals surface area contributed by atoms with Crippen LogP contribution in [0.4, 0.5) is 5.69 Å². The fourth-order valence-electron chi connectivity index (χ4n) is 2.69. The number of amides is 1. The number of benzene rings is 1. The zero-order chi connectivity index (χ0) is 15.3. The van der Waals surface area contributed by atoms with Gasteiger partial charge in [-0.2, -0.15) is 0 Å². The molecule has 1 saturated carbocycles. The Morgan fingerprint density at radius 2 is 2.14 bits per heavy atom. The van der Waals surface area contributed by atoms with Crippen LogP contribution in [0.1, 0.15) is 37.7 Å². The number of anilines is 1. The summed E-state index contributed by atoms with van der Waals surface area (Å²) in [5.41, 5.74) is 7.03. The van der Waals surface area contributed by atoms with Crippen molar-refractivity contribution in [2.75, 3.05) is 11.9 Å². The Morgan fingerprint density at radius 3 is 2.76 bits per heavy atom. The van der Waals surface area contributed by atoms with Gasteiger partial charge in [-0.25, -0.2) is 13.1 Å². The maximum absolute atomic E-state index is 12.3. The standard InChI is InChI=1S/C14H19N3O3S/c1-9-11-7-10(3-4-12(11)17-13(9)18)21(19,20)16-8-14(15)5-2-6-14/h3-4,7,9,16H,2,5-6,8,15H2,1H3,(H,17,18). The van der Waals surface area contributed by atoms with Gasteiger partial charge in [-0.05, 0) is 49.9 Å². The predicted molar refractivity (Wildman–Crippen MR) is 79.4 cm³/mol. The molecule has 0 spiro atoms. The normalized spacial score (nSPS) is 23.3. The van der Waals surface area contributed by atoms with Gasteiger partial charge in [0.05, 0.1) is 10.8 Å². The number of hydrogen-bond acceptors (Lipinski definition) is 4. The van der Waals surface area contributed by atoms with E-state index >= 15 is 0 Å². The molecule has 6 nitrogen and oxygen atoms in total. The Labute approximate surface area is 124 Å². The minimum Gasteiger partial charge on any atom is -0.325 e. The van der Waals surface area contributed by atoms with Gasteiger partial charge in [0, 0.05) is 17.8 Å². The van der Waals surface area contributed by atoms with Crippen molar-refractivity contribution in [2.45, 2.75) is 42.5 Å². The number of sulfonamides is 1. The number of nitrogens with one attached hydrogen (secondary N) is 2. The van der Waals surface area contributed by atoms with Crippen LogP contribution in [0.5, 0.6) is 0 Å². The summed E-state index contributed by atoms with van der Waals surface area (Å²) in [6.07, 6.45) is 2.73. The maximum Gasteiger partial charge on any atom is 0.240 e. The van der Waals surface area contributed by atoms with E-state index in [9.17, 15) is 13.2 Å². The third-order valence-corrected chi connectivity index (χ3v) is 5.81. The van der Waals surface area contributed by atoms with E-state index in [-0.39, 0.29) is 23.3 Å². The molecule has 21 heavy (non-hydrogen) atoms. The summed E-state index contributed by atoms with van der Waals surface area (Å²) < 4.78 is 27.2. The van der Waals surface area contributed by atoms with Crippen molar-refractivity contribution < 1.29 is 13.2 Å². The van der Waals surface area contributed by atoms with Crippen molar-refractivity contribution in [2.24, 2.45) is 5.73 Å². The van der Waals surface area contributed by atoms with Crippen LogP contribution in [-0.4, -0.2) is 26.4 Å². The molecule has 1 aromatic rings. The predicted octanol–water partition coefficient (Wildman–Crippen LogP) is 0.902. The highest BCUT2D eigenvalue weighted by molar-refractivity contribution is 7.89. The first-order valence-electron chi connectivity index (χ1n) is 7.04. The van der Waals surface area contributed by atoms with Crippen molar-refractivity contribution in [3.8, 4) is 0 Å². The minimum atomic E-state index is -3.60. The molecule has 0 aromatic heterocycles. The van der Waals surface area contributed by atoms with Crippen LogP contribution in [0.3, 0.4) is 0 Å². The summed E-state index contributed by atoms with van der Waals surface area (Å²) in [6, 6.07) is 4.69. The van der Waals surface area contributed by atoms with Gasteiger partial charge in [0.25, 0.3) is 0 Å². The molecule has 3 rings (SSSR count). The van der Waals surface area contributed by atoms with Gasteiger partial charge in [-0.1, -0.05) is 0 Å². The molecule has 2 aliphatic rings. The van der Waals surface area contributed by atoms with E-state index in [0.29, 0.717) is 11.3 Å². The first-order valence-corrected chi connectivity index (χ1v) is 8.52. The number of rotatable bonds is 4. The van der Waals surface area contributed by atoms with Crippen molar-refractivity contribution in [1.82, 2.24) is 4.72 Å².